The van der Waals surface area contributed by atoms with Gasteiger partial charge in [-0.3, -0.25) is 4.79 Å². The van der Waals surface area contributed by atoms with Crippen LogP contribution in [0.15, 0.2) is 48.5 Å². The Morgan fingerprint density at radius 2 is 1.90 bits per heavy atom. The van der Waals surface area contributed by atoms with Gasteiger partial charge in [-0.1, -0.05) is 36.4 Å². The minimum atomic E-state index is -0.0768. The number of methoxy groups -OCH3 is 1. The monoisotopic (exact) mass is 267 g/mol. The van der Waals surface area contributed by atoms with Crippen LogP contribution < -0.4 is 10.1 Å². The number of hydrogen-bond acceptors (Lipinski definition) is 2. The molecule has 1 N–H and O–H groups in total. The lowest BCUT2D eigenvalue weighted by atomic mass is 9.94. The van der Waals surface area contributed by atoms with E-state index in [4.69, 9.17) is 4.74 Å². The maximum Gasteiger partial charge on any atom is 0.221 e. The molecule has 3 nitrogen and oxygen atoms in total. The zero-order valence-electron chi connectivity index (χ0n) is 11.4. The smallest absolute Gasteiger partial charge is 0.221 e. The van der Waals surface area contributed by atoms with Crippen LogP contribution in [0.4, 0.5) is 0 Å². The van der Waals surface area contributed by atoms with Crippen molar-refractivity contribution < 1.29 is 9.53 Å². The lowest BCUT2D eigenvalue weighted by molar-refractivity contribution is -0.121. The molecular weight excluding hydrogens is 250 g/mol. The highest BCUT2D eigenvalue weighted by atomic mass is 16.5. The summed E-state index contributed by atoms with van der Waals surface area (Å²) in [4.78, 5) is 11.9. The largest absolute Gasteiger partial charge is 0.497 e. The van der Waals surface area contributed by atoms with E-state index in [9.17, 15) is 4.79 Å². The molecule has 0 aliphatic carbocycles. The van der Waals surface area contributed by atoms with Crippen molar-refractivity contribution in [1.29, 1.82) is 0 Å². The first kappa shape index (κ1) is 12.7. The number of rotatable bonds is 2. The second kappa shape index (κ2) is 5.37. The third kappa shape index (κ3) is 2.39. The second-order valence-corrected chi connectivity index (χ2v) is 4.98. The molecule has 0 saturated heterocycles. The first-order valence-electron chi connectivity index (χ1n) is 6.79. The Labute approximate surface area is 118 Å². The Kier molecular flexibility index (Phi) is 3.42. The van der Waals surface area contributed by atoms with Crippen LogP contribution >= 0.6 is 0 Å². The zero-order valence-corrected chi connectivity index (χ0v) is 11.4. The van der Waals surface area contributed by atoms with Crippen molar-refractivity contribution in [2.24, 2.45) is 0 Å². The Bertz CT molecular complexity index is 622. The van der Waals surface area contributed by atoms with Crippen molar-refractivity contribution in [1.82, 2.24) is 5.32 Å². The molecule has 1 atom stereocenters. The Morgan fingerprint density at radius 3 is 2.65 bits per heavy atom. The molecule has 1 amide bonds. The standard InChI is InChI=1S/C17H17NO2/c1-20-14-8-9-15-13(11-14)7-10-16(19)18-17(15)12-5-3-2-4-6-12/h2-6,8-9,11,17H,7,10H2,1H3,(H,18,19). The van der Waals surface area contributed by atoms with Gasteiger partial charge in [0, 0.05) is 6.42 Å². The molecule has 102 valence electrons. The van der Waals surface area contributed by atoms with Gasteiger partial charge in [0.25, 0.3) is 0 Å². The molecule has 0 bridgehead atoms. The third-order valence-corrected chi connectivity index (χ3v) is 3.72. The molecule has 1 aliphatic rings. The first-order valence-corrected chi connectivity index (χ1v) is 6.79. The van der Waals surface area contributed by atoms with Gasteiger partial charge in [0.1, 0.15) is 5.75 Å². The maximum atomic E-state index is 11.9. The lowest BCUT2D eigenvalue weighted by Crippen LogP contribution is -2.27. The Hall–Kier alpha value is -2.29. The van der Waals surface area contributed by atoms with Crippen LogP contribution in [0.3, 0.4) is 0 Å². The Morgan fingerprint density at radius 1 is 1.10 bits per heavy atom. The van der Waals surface area contributed by atoms with Crippen LogP contribution in [0, 0.1) is 0 Å². The fraction of sp³-hybridized carbons (Fsp3) is 0.235. The fourth-order valence-corrected chi connectivity index (χ4v) is 2.67. The molecule has 0 fully saturated rings. The van der Waals surface area contributed by atoms with Gasteiger partial charge < -0.3 is 10.1 Å². The number of carbonyl (C=O) groups is 1. The number of carbonyl (C=O) groups excluding carboxylic acids is 1. The molecule has 2 aromatic rings. The van der Waals surface area contributed by atoms with E-state index in [1.165, 1.54) is 5.56 Å². The summed E-state index contributed by atoms with van der Waals surface area (Å²) >= 11 is 0. The maximum absolute atomic E-state index is 11.9. The van der Waals surface area contributed by atoms with Crippen LogP contribution in [0.1, 0.15) is 29.2 Å². The molecule has 20 heavy (non-hydrogen) atoms. The van der Waals surface area contributed by atoms with Crippen molar-refractivity contribution >= 4 is 5.91 Å². The molecule has 2 aromatic carbocycles. The van der Waals surface area contributed by atoms with Crippen molar-refractivity contribution in [3.8, 4) is 5.75 Å². The van der Waals surface area contributed by atoms with Gasteiger partial charge in [0.15, 0.2) is 0 Å². The predicted molar refractivity (Wildman–Crippen MR) is 77.7 cm³/mol. The third-order valence-electron chi connectivity index (χ3n) is 3.72. The van der Waals surface area contributed by atoms with E-state index < -0.39 is 0 Å². The SMILES string of the molecule is COc1ccc2c(c1)CCC(=O)NC2c1ccccc1. The van der Waals surface area contributed by atoms with E-state index in [-0.39, 0.29) is 11.9 Å². The molecular formula is C17H17NO2. The van der Waals surface area contributed by atoms with E-state index in [1.807, 2.05) is 42.5 Å². The van der Waals surface area contributed by atoms with Gasteiger partial charge in [0.05, 0.1) is 13.2 Å². The van der Waals surface area contributed by atoms with Gasteiger partial charge in [-0.2, -0.15) is 0 Å². The van der Waals surface area contributed by atoms with Crippen LogP contribution in [-0.4, -0.2) is 13.0 Å². The summed E-state index contributed by atoms with van der Waals surface area (Å²) in [5.74, 6) is 0.930. The lowest BCUT2D eigenvalue weighted by Gasteiger charge is -2.19. The number of ether oxygens (including phenoxy) is 1. The van der Waals surface area contributed by atoms with Crippen molar-refractivity contribution in [2.75, 3.05) is 7.11 Å². The van der Waals surface area contributed by atoms with E-state index in [1.54, 1.807) is 7.11 Å². The average molecular weight is 267 g/mol. The summed E-state index contributed by atoms with van der Waals surface area (Å²) in [6.07, 6.45) is 1.27. The quantitative estimate of drug-likeness (QED) is 0.908. The van der Waals surface area contributed by atoms with Crippen LogP contribution in [0.5, 0.6) is 5.75 Å². The normalized spacial score (nSPS) is 17.9. The molecule has 1 aliphatic heterocycles. The molecule has 0 spiro atoms. The molecule has 1 heterocycles. The fourth-order valence-electron chi connectivity index (χ4n) is 2.67. The van der Waals surface area contributed by atoms with Gasteiger partial charge in [-0.25, -0.2) is 0 Å². The Balaban J connectivity index is 2.08. The van der Waals surface area contributed by atoms with Crippen LogP contribution in [0.2, 0.25) is 0 Å². The average Bonchev–Trinajstić information content (AvgIpc) is 2.67. The van der Waals surface area contributed by atoms with E-state index >= 15 is 0 Å². The van der Waals surface area contributed by atoms with Gasteiger partial charge >= 0.3 is 0 Å². The van der Waals surface area contributed by atoms with Crippen molar-refractivity contribution in [3.05, 3.63) is 65.2 Å². The van der Waals surface area contributed by atoms with Crippen molar-refractivity contribution in [2.45, 2.75) is 18.9 Å². The molecule has 3 heteroatoms. The number of nitrogens with one attached hydrogen (secondary N) is 1. The number of benzene rings is 2. The van der Waals surface area contributed by atoms with E-state index in [2.05, 4.69) is 11.4 Å². The molecule has 3 rings (SSSR count). The number of amides is 1. The zero-order chi connectivity index (χ0) is 13.9. The summed E-state index contributed by atoms with van der Waals surface area (Å²) in [5, 5.41) is 3.11. The van der Waals surface area contributed by atoms with Gasteiger partial charge in [0.2, 0.25) is 5.91 Å². The van der Waals surface area contributed by atoms with Crippen molar-refractivity contribution in [3.63, 3.8) is 0 Å². The second-order valence-electron chi connectivity index (χ2n) is 4.98. The van der Waals surface area contributed by atoms with Gasteiger partial charge in [-0.15, -0.1) is 0 Å². The number of fused-ring (bicyclic) bond motifs is 1. The highest BCUT2D eigenvalue weighted by Crippen LogP contribution is 2.30. The summed E-state index contributed by atoms with van der Waals surface area (Å²) in [7, 11) is 1.66. The summed E-state index contributed by atoms with van der Waals surface area (Å²) in [5.41, 5.74) is 3.44. The minimum Gasteiger partial charge on any atom is -0.497 e. The topological polar surface area (TPSA) is 38.3 Å². The number of hydrogen-bond donors (Lipinski definition) is 1. The molecule has 0 saturated carbocycles. The predicted octanol–water partition coefficient (Wildman–Crippen LogP) is 2.85. The van der Waals surface area contributed by atoms with Gasteiger partial charge in [-0.05, 0) is 35.2 Å². The minimum absolute atomic E-state index is 0.0768. The molecule has 1 unspecified atom stereocenters. The summed E-state index contributed by atoms with van der Waals surface area (Å²) < 4.78 is 5.28. The first-order chi connectivity index (χ1) is 9.78. The summed E-state index contributed by atoms with van der Waals surface area (Å²) in [6.45, 7) is 0. The molecule has 0 aromatic heterocycles. The molecule has 0 radical (unpaired) electrons. The summed E-state index contributed by atoms with van der Waals surface area (Å²) in [6, 6.07) is 16.0. The number of aryl methyl sites for hydroxylation is 1. The van der Waals surface area contributed by atoms with E-state index in [0.29, 0.717) is 6.42 Å². The highest BCUT2D eigenvalue weighted by molar-refractivity contribution is 5.78. The highest BCUT2D eigenvalue weighted by Gasteiger charge is 2.23. The van der Waals surface area contributed by atoms with E-state index in [0.717, 1.165) is 23.3 Å². The van der Waals surface area contributed by atoms with Crippen LogP contribution in [-0.2, 0) is 11.2 Å². The van der Waals surface area contributed by atoms with Crippen LogP contribution in [0.25, 0.3) is 0 Å².